The minimum Gasteiger partial charge on any atom is -0.396 e. The summed E-state index contributed by atoms with van der Waals surface area (Å²) in [6.07, 6.45) is 6.15. The Labute approximate surface area is 138 Å². The molecule has 2 atom stereocenters. The van der Waals surface area contributed by atoms with E-state index >= 15 is 0 Å². The average Bonchev–Trinajstić information content (AvgIpc) is 2.56. The van der Waals surface area contributed by atoms with Crippen LogP contribution in [0, 0.1) is 0 Å². The van der Waals surface area contributed by atoms with E-state index in [1.54, 1.807) is 0 Å². The summed E-state index contributed by atoms with van der Waals surface area (Å²) in [5, 5.41) is 14.8. The molecule has 0 spiro atoms. The van der Waals surface area contributed by atoms with Crippen molar-refractivity contribution in [2.75, 3.05) is 19.7 Å². The first-order valence-corrected chi connectivity index (χ1v) is 8.42. The molecule has 0 saturated carbocycles. The largest absolute Gasteiger partial charge is 0.396 e. The Morgan fingerprint density at radius 3 is 2.61 bits per heavy atom. The predicted molar refractivity (Wildman–Crippen MR) is 90.1 cm³/mol. The fourth-order valence-corrected chi connectivity index (χ4v) is 3.00. The lowest BCUT2D eigenvalue weighted by atomic mass is 10.0. The Balaban J connectivity index is 1.74. The second-order valence-corrected chi connectivity index (χ2v) is 6.30. The van der Waals surface area contributed by atoms with Gasteiger partial charge < -0.3 is 15.7 Å². The van der Waals surface area contributed by atoms with Crippen LogP contribution in [0.25, 0.3) is 0 Å². The number of carbonyl (C=O) groups is 1. The van der Waals surface area contributed by atoms with E-state index in [2.05, 4.69) is 39.6 Å². The maximum Gasteiger partial charge on any atom is 0.315 e. The fourth-order valence-electron chi connectivity index (χ4n) is 3.00. The van der Waals surface area contributed by atoms with Gasteiger partial charge in [-0.1, -0.05) is 0 Å². The molecule has 0 aromatic carbocycles. The van der Waals surface area contributed by atoms with Crippen molar-refractivity contribution >= 4 is 6.03 Å². The van der Waals surface area contributed by atoms with Gasteiger partial charge in [0.15, 0.2) is 0 Å². The number of urea groups is 1. The zero-order valence-electron chi connectivity index (χ0n) is 14.0. The van der Waals surface area contributed by atoms with E-state index in [9.17, 15) is 4.79 Å². The Kier molecular flexibility index (Phi) is 6.80. The third-order valence-electron chi connectivity index (χ3n) is 4.54. The summed E-state index contributed by atoms with van der Waals surface area (Å²) >= 11 is 0. The van der Waals surface area contributed by atoms with Crippen molar-refractivity contribution in [2.45, 2.75) is 51.2 Å². The van der Waals surface area contributed by atoms with Crippen LogP contribution in [0.2, 0.25) is 0 Å². The molecule has 23 heavy (non-hydrogen) atoms. The zero-order chi connectivity index (χ0) is 16.7. The number of aromatic nitrogens is 1. The minimum atomic E-state index is -0.133. The highest BCUT2D eigenvalue weighted by Crippen LogP contribution is 2.23. The van der Waals surface area contributed by atoms with Crippen LogP contribution < -0.4 is 10.6 Å². The smallest absolute Gasteiger partial charge is 0.315 e. The van der Waals surface area contributed by atoms with Crippen LogP contribution in [0.4, 0.5) is 4.79 Å². The van der Waals surface area contributed by atoms with Gasteiger partial charge in [0.2, 0.25) is 0 Å². The van der Waals surface area contributed by atoms with Crippen LogP contribution in [0.3, 0.4) is 0 Å². The molecule has 1 aliphatic rings. The average molecular weight is 320 g/mol. The number of hydrogen-bond acceptors (Lipinski definition) is 4. The molecule has 3 N–H and O–H groups in total. The number of piperidine rings is 1. The van der Waals surface area contributed by atoms with E-state index in [0.29, 0.717) is 12.5 Å². The number of nitrogens with one attached hydrogen (secondary N) is 2. The normalized spacial score (nSPS) is 19.1. The number of carbonyl (C=O) groups excluding carboxylic acids is 1. The van der Waals surface area contributed by atoms with Gasteiger partial charge in [-0.05, 0) is 50.8 Å². The number of aliphatic hydroxyl groups excluding tert-OH is 1. The number of amides is 2. The molecule has 0 aliphatic carbocycles. The summed E-state index contributed by atoms with van der Waals surface area (Å²) in [5.41, 5.74) is 1.28. The number of hydrogen-bond donors (Lipinski definition) is 3. The van der Waals surface area contributed by atoms with Gasteiger partial charge in [0, 0.05) is 50.2 Å². The molecule has 1 aliphatic heterocycles. The van der Waals surface area contributed by atoms with Crippen LogP contribution >= 0.6 is 0 Å². The van der Waals surface area contributed by atoms with E-state index in [4.69, 9.17) is 5.11 Å². The summed E-state index contributed by atoms with van der Waals surface area (Å²) in [6.45, 7) is 6.15. The highest BCUT2D eigenvalue weighted by molar-refractivity contribution is 5.74. The van der Waals surface area contributed by atoms with Crippen molar-refractivity contribution in [1.29, 1.82) is 0 Å². The number of nitrogens with zero attached hydrogens (tertiary/aromatic N) is 2. The van der Waals surface area contributed by atoms with Gasteiger partial charge in [-0.25, -0.2) is 4.79 Å². The molecular weight excluding hydrogens is 292 g/mol. The summed E-state index contributed by atoms with van der Waals surface area (Å²) in [7, 11) is 0. The SMILES string of the molecule is CC(c1ccncc1)N1CCC(NC(=O)N[C@H](C)CCO)CC1. The lowest BCUT2D eigenvalue weighted by Gasteiger charge is -2.36. The van der Waals surface area contributed by atoms with Gasteiger partial charge >= 0.3 is 6.03 Å². The van der Waals surface area contributed by atoms with Crippen LogP contribution in [0.5, 0.6) is 0 Å². The van der Waals surface area contributed by atoms with Gasteiger partial charge in [0.1, 0.15) is 0 Å². The fraction of sp³-hybridized carbons (Fsp3) is 0.647. The Bertz CT molecular complexity index is 475. The molecule has 6 heteroatoms. The molecule has 1 aromatic rings. The van der Waals surface area contributed by atoms with E-state index in [0.717, 1.165) is 25.9 Å². The highest BCUT2D eigenvalue weighted by atomic mass is 16.3. The van der Waals surface area contributed by atoms with Crippen LogP contribution in [0.1, 0.15) is 44.7 Å². The Morgan fingerprint density at radius 1 is 1.35 bits per heavy atom. The Morgan fingerprint density at radius 2 is 2.00 bits per heavy atom. The topological polar surface area (TPSA) is 77.5 Å². The van der Waals surface area contributed by atoms with Gasteiger partial charge in [-0.15, -0.1) is 0 Å². The molecule has 1 unspecified atom stereocenters. The second kappa shape index (κ2) is 8.84. The maximum atomic E-state index is 11.9. The minimum absolute atomic E-state index is 0.00759. The van der Waals surface area contributed by atoms with Crippen LogP contribution in [0.15, 0.2) is 24.5 Å². The second-order valence-electron chi connectivity index (χ2n) is 6.30. The molecule has 6 nitrogen and oxygen atoms in total. The maximum absolute atomic E-state index is 11.9. The van der Waals surface area contributed by atoms with Gasteiger partial charge in [0.25, 0.3) is 0 Å². The molecule has 2 heterocycles. The Hall–Kier alpha value is -1.66. The predicted octanol–water partition coefficient (Wildman–Crippen LogP) is 1.68. The first kappa shape index (κ1) is 17.7. The van der Waals surface area contributed by atoms with E-state index < -0.39 is 0 Å². The van der Waals surface area contributed by atoms with Crippen molar-refractivity contribution < 1.29 is 9.90 Å². The van der Waals surface area contributed by atoms with Gasteiger partial charge in [-0.3, -0.25) is 9.88 Å². The van der Waals surface area contributed by atoms with Crippen molar-refractivity contribution in [3.05, 3.63) is 30.1 Å². The lowest BCUT2D eigenvalue weighted by Crippen LogP contribution is -2.50. The number of pyridine rings is 1. The van der Waals surface area contributed by atoms with Crippen molar-refractivity contribution in [2.24, 2.45) is 0 Å². The number of likely N-dealkylation sites (tertiary alicyclic amines) is 1. The molecule has 2 rings (SSSR count). The van der Waals surface area contributed by atoms with E-state index in [-0.39, 0.29) is 24.7 Å². The van der Waals surface area contributed by atoms with Gasteiger partial charge in [0.05, 0.1) is 0 Å². The van der Waals surface area contributed by atoms with E-state index in [1.165, 1.54) is 5.56 Å². The zero-order valence-corrected chi connectivity index (χ0v) is 14.0. The summed E-state index contributed by atoms with van der Waals surface area (Å²) in [4.78, 5) is 18.4. The molecule has 1 aromatic heterocycles. The summed E-state index contributed by atoms with van der Waals surface area (Å²) < 4.78 is 0. The number of rotatable bonds is 6. The quantitative estimate of drug-likeness (QED) is 0.745. The number of aliphatic hydroxyl groups is 1. The molecule has 2 amide bonds. The lowest BCUT2D eigenvalue weighted by molar-refractivity contribution is 0.152. The molecule has 1 saturated heterocycles. The molecule has 0 radical (unpaired) electrons. The highest BCUT2D eigenvalue weighted by Gasteiger charge is 2.24. The van der Waals surface area contributed by atoms with Crippen LogP contribution in [-0.4, -0.2) is 52.8 Å². The molecule has 1 fully saturated rings. The van der Waals surface area contributed by atoms with Crippen molar-refractivity contribution in [3.63, 3.8) is 0 Å². The molecule has 128 valence electrons. The van der Waals surface area contributed by atoms with E-state index in [1.807, 2.05) is 19.3 Å². The summed E-state index contributed by atoms with van der Waals surface area (Å²) in [5.74, 6) is 0. The first-order valence-electron chi connectivity index (χ1n) is 8.42. The third-order valence-corrected chi connectivity index (χ3v) is 4.54. The van der Waals surface area contributed by atoms with Gasteiger partial charge in [-0.2, -0.15) is 0 Å². The standard InChI is InChI=1S/C17H28N4O2/c1-13(7-12-22)19-17(23)20-16-5-10-21(11-6-16)14(2)15-3-8-18-9-4-15/h3-4,8-9,13-14,16,22H,5-7,10-12H2,1-2H3,(H2,19,20,23)/t13-,14?/m1/s1. The van der Waals surface area contributed by atoms with Crippen molar-refractivity contribution in [1.82, 2.24) is 20.5 Å². The molecule has 0 bridgehead atoms. The van der Waals surface area contributed by atoms with Crippen molar-refractivity contribution in [3.8, 4) is 0 Å². The monoisotopic (exact) mass is 320 g/mol. The third kappa shape index (κ3) is 5.48. The summed E-state index contributed by atoms with van der Waals surface area (Å²) in [6, 6.07) is 4.57. The first-order chi connectivity index (χ1) is 11.1. The van der Waals surface area contributed by atoms with Crippen LogP contribution in [-0.2, 0) is 0 Å². The molecular formula is C17H28N4O2.